The molecule has 3 N–H and O–H groups in total. The van der Waals surface area contributed by atoms with E-state index in [9.17, 15) is 4.79 Å². The molecule has 82 valence electrons. The predicted octanol–water partition coefficient (Wildman–Crippen LogP) is -0.0659. The van der Waals surface area contributed by atoms with Crippen molar-refractivity contribution >= 4 is 5.91 Å². The molecule has 1 rings (SSSR count). The van der Waals surface area contributed by atoms with Crippen LogP contribution in [0.3, 0.4) is 0 Å². The van der Waals surface area contributed by atoms with Crippen molar-refractivity contribution < 1.29 is 4.79 Å². The van der Waals surface area contributed by atoms with E-state index in [2.05, 4.69) is 17.3 Å². The Kier molecular flexibility index (Phi) is 4.35. The zero-order valence-electron chi connectivity index (χ0n) is 9.12. The number of nitrogens with zero attached hydrogens (tertiary/aromatic N) is 1. The summed E-state index contributed by atoms with van der Waals surface area (Å²) in [5.41, 5.74) is 5.58. The molecule has 0 bridgehead atoms. The van der Waals surface area contributed by atoms with Gasteiger partial charge in [0.25, 0.3) is 0 Å². The third kappa shape index (κ3) is 3.64. The van der Waals surface area contributed by atoms with Gasteiger partial charge in [-0.15, -0.1) is 0 Å². The highest BCUT2D eigenvalue weighted by molar-refractivity contribution is 5.81. The fourth-order valence-electron chi connectivity index (χ4n) is 1.37. The van der Waals surface area contributed by atoms with E-state index in [0.29, 0.717) is 13.0 Å². The number of likely N-dealkylation sites (N-methyl/N-ethyl adjacent to an activating group) is 1. The second-order valence-corrected chi connectivity index (χ2v) is 4.02. The molecule has 1 saturated carbocycles. The monoisotopic (exact) mass is 199 g/mol. The number of amides is 1. The first-order valence-corrected chi connectivity index (χ1v) is 5.38. The van der Waals surface area contributed by atoms with E-state index in [-0.39, 0.29) is 11.9 Å². The fourth-order valence-corrected chi connectivity index (χ4v) is 1.37. The van der Waals surface area contributed by atoms with Gasteiger partial charge in [0.05, 0.1) is 6.04 Å². The van der Waals surface area contributed by atoms with Crippen LogP contribution in [0, 0.1) is 0 Å². The highest BCUT2D eigenvalue weighted by Crippen LogP contribution is 2.24. The van der Waals surface area contributed by atoms with Gasteiger partial charge in [-0.2, -0.15) is 0 Å². The summed E-state index contributed by atoms with van der Waals surface area (Å²) in [7, 11) is 2.10. The topological polar surface area (TPSA) is 58.4 Å². The Morgan fingerprint density at radius 3 is 2.79 bits per heavy atom. The number of nitrogens with one attached hydrogen (secondary N) is 1. The molecule has 1 atom stereocenters. The van der Waals surface area contributed by atoms with Crippen LogP contribution in [0.4, 0.5) is 0 Å². The van der Waals surface area contributed by atoms with Gasteiger partial charge < -0.3 is 16.0 Å². The highest BCUT2D eigenvalue weighted by Gasteiger charge is 2.25. The Balaban J connectivity index is 2.04. The minimum atomic E-state index is -0.346. The van der Waals surface area contributed by atoms with Gasteiger partial charge in [-0.05, 0) is 26.3 Å². The van der Waals surface area contributed by atoms with E-state index >= 15 is 0 Å². The molecule has 4 heteroatoms. The first kappa shape index (κ1) is 11.5. The molecular weight excluding hydrogens is 178 g/mol. The maximum atomic E-state index is 11.3. The van der Waals surface area contributed by atoms with Crippen LogP contribution in [0.1, 0.15) is 26.2 Å². The van der Waals surface area contributed by atoms with Gasteiger partial charge in [-0.25, -0.2) is 0 Å². The van der Waals surface area contributed by atoms with Gasteiger partial charge in [0.15, 0.2) is 0 Å². The van der Waals surface area contributed by atoms with Gasteiger partial charge >= 0.3 is 0 Å². The molecule has 4 nitrogen and oxygen atoms in total. The van der Waals surface area contributed by atoms with Crippen LogP contribution in [0.25, 0.3) is 0 Å². The lowest BCUT2D eigenvalue weighted by molar-refractivity contribution is -0.122. The molecule has 0 radical (unpaired) electrons. The lowest BCUT2D eigenvalue weighted by atomic mass is 10.2. The molecule has 0 spiro atoms. The molecule has 1 fully saturated rings. The summed E-state index contributed by atoms with van der Waals surface area (Å²) in [4.78, 5) is 13.6. The molecule has 0 saturated heterocycles. The van der Waals surface area contributed by atoms with E-state index < -0.39 is 0 Å². The first-order valence-electron chi connectivity index (χ1n) is 5.38. The summed E-state index contributed by atoms with van der Waals surface area (Å²) in [5, 5.41) is 2.84. The average Bonchev–Trinajstić information content (AvgIpc) is 2.99. The molecule has 14 heavy (non-hydrogen) atoms. The van der Waals surface area contributed by atoms with E-state index in [1.54, 1.807) is 0 Å². The summed E-state index contributed by atoms with van der Waals surface area (Å²) in [6.07, 6.45) is 3.31. The Morgan fingerprint density at radius 1 is 1.64 bits per heavy atom. The summed E-state index contributed by atoms with van der Waals surface area (Å²) >= 11 is 0. The smallest absolute Gasteiger partial charge is 0.236 e. The molecule has 1 amide bonds. The predicted molar refractivity (Wildman–Crippen MR) is 56.9 cm³/mol. The van der Waals surface area contributed by atoms with Crippen LogP contribution in [0.15, 0.2) is 0 Å². The molecule has 0 unspecified atom stereocenters. The molecular formula is C10H21N3O. The summed E-state index contributed by atoms with van der Waals surface area (Å²) in [6.45, 7) is 3.55. The number of hydrogen-bond acceptors (Lipinski definition) is 3. The largest absolute Gasteiger partial charge is 0.353 e. The normalized spacial score (nSPS) is 18.3. The number of carbonyl (C=O) groups is 1. The van der Waals surface area contributed by atoms with Gasteiger partial charge in [0, 0.05) is 19.1 Å². The standard InChI is InChI=1S/C10H21N3O/c1-3-9(11)10(14)12-6-7-13(2)8-4-5-8/h8-9H,3-7,11H2,1-2H3,(H,12,14)/t9-/m1/s1. The quantitative estimate of drug-likeness (QED) is 0.630. The minimum absolute atomic E-state index is 0.0308. The van der Waals surface area contributed by atoms with Crippen LogP contribution in [-0.2, 0) is 4.79 Å². The molecule has 0 aromatic rings. The van der Waals surface area contributed by atoms with Gasteiger partial charge in [-0.3, -0.25) is 4.79 Å². The Labute approximate surface area is 85.8 Å². The van der Waals surface area contributed by atoms with Gasteiger partial charge in [0.1, 0.15) is 0 Å². The van der Waals surface area contributed by atoms with Crippen LogP contribution in [0.5, 0.6) is 0 Å². The van der Waals surface area contributed by atoms with Crippen LogP contribution in [-0.4, -0.2) is 43.0 Å². The Hall–Kier alpha value is -0.610. The van der Waals surface area contributed by atoms with Crippen molar-refractivity contribution in [2.45, 2.75) is 38.3 Å². The third-order valence-corrected chi connectivity index (χ3v) is 2.71. The third-order valence-electron chi connectivity index (χ3n) is 2.71. The number of carbonyl (C=O) groups excluding carboxylic acids is 1. The zero-order valence-corrected chi connectivity index (χ0v) is 9.12. The lowest BCUT2D eigenvalue weighted by Gasteiger charge is -2.16. The number of rotatable bonds is 6. The van der Waals surface area contributed by atoms with E-state index in [1.807, 2.05) is 6.92 Å². The molecule has 1 aliphatic carbocycles. The van der Waals surface area contributed by atoms with E-state index in [1.165, 1.54) is 12.8 Å². The van der Waals surface area contributed by atoms with Crippen LogP contribution < -0.4 is 11.1 Å². The SMILES string of the molecule is CC[C@@H](N)C(=O)NCCN(C)C1CC1. The van der Waals surface area contributed by atoms with Crippen molar-refractivity contribution in [3.05, 3.63) is 0 Å². The van der Waals surface area contributed by atoms with Crippen molar-refractivity contribution in [2.75, 3.05) is 20.1 Å². The molecule has 0 aliphatic heterocycles. The molecule has 1 aliphatic rings. The number of nitrogens with two attached hydrogens (primary N) is 1. The Bertz CT molecular complexity index is 192. The molecule has 0 aromatic heterocycles. The first-order chi connectivity index (χ1) is 6.65. The molecule has 0 aromatic carbocycles. The zero-order chi connectivity index (χ0) is 10.6. The summed E-state index contributed by atoms with van der Waals surface area (Å²) < 4.78 is 0. The van der Waals surface area contributed by atoms with Crippen molar-refractivity contribution in [3.8, 4) is 0 Å². The maximum Gasteiger partial charge on any atom is 0.236 e. The van der Waals surface area contributed by atoms with Gasteiger partial charge in [0.2, 0.25) is 5.91 Å². The van der Waals surface area contributed by atoms with Gasteiger partial charge in [-0.1, -0.05) is 6.92 Å². The van der Waals surface area contributed by atoms with Crippen molar-refractivity contribution in [2.24, 2.45) is 5.73 Å². The summed E-state index contributed by atoms with van der Waals surface area (Å²) in [5.74, 6) is -0.0308. The van der Waals surface area contributed by atoms with Crippen molar-refractivity contribution in [1.82, 2.24) is 10.2 Å². The average molecular weight is 199 g/mol. The molecule has 0 heterocycles. The van der Waals surface area contributed by atoms with E-state index in [0.717, 1.165) is 12.6 Å². The fraction of sp³-hybridized carbons (Fsp3) is 0.900. The second kappa shape index (κ2) is 5.32. The van der Waals surface area contributed by atoms with E-state index in [4.69, 9.17) is 5.73 Å². The lowest BCUT2D eigenvalue weighted by Crippen LogP contribution is -2.43. The highest BCUT2D eigenvalue weighted by atomic mass is 16.2. The minimum Gasteiger partial charge on any atom is -0.353 e. The van der Waals surface area contributed by atoms with Crippen LogP contribution >= 0.6 is 0 Å². The number of hydrogen-bond donors (Lipinski definition) is 2. The van der Waals surface area contributed by atoms with Crippen molar-refractivity contribution in [1.29, 1.82) is 0 Å². The Morgan fingerprint density at radius 2 is 2.29 bits per heavy atom. The maximum absolute atomic E-state index is 11.3. The van der Waals surface area contributed by atoms with Crippen molar-refractivity contribution in [3.63, 3.8) is 0 Å². The summed E-state index contributed by atoms with van der Waals surface area (Å²) in [6, 6.07) is 0.410. The van der Waals surface area contributed by atoms with Crippen LogP contribution in [0.2, 0.25) is 0 Å². The second-order valence-electron chi connectivity index (χ2n) is 4.02.